The SMILES string of the molecule is CCCCCCCCOc1ccc(C(C)(C)C)s1. The molecule has 1 aromatic heterocycles. The molecule has 0 saturated carbocycles. The van der Waals surface area contributed by atoms with E-state index in [1.54, 1.807) is 11.3 Å². The maximum absolute atomic E-state index is 5.81. The molecule has 0 amide bonds. The molecule has 1 nitrogen and oxygen atoms in total. The van der Waals surface area contributed by atoms with Gasteiger partial charge in [-0.05, 0) is 24.0 Å². The molecule has 0 bridgehead atoms. The van der Waals surface area contributed by atoms with Gasteiger partial charge in [0.2, 0.25) is 0 Å². The average molecular weight is 268 g/mol. The van der Waals surface area contributed by atoms with Gasteiger partial charge < -0.3 is 4.74 Å². The molecule has 2 heteroatoms. The van der Waals surface area contributed by atoms with Crippen molar-refractivity contribution in [1.82, 2.24) is 0 Å². The van der Waals surface area contributed by atoms with E-state index < -0.39 is 0 Å². The third kappa shape index (κ3) is 5.90. The standard InChI is InChI=1S/C16H28OS/c1-5-6-7-8-9-10-13-17-15-12-11-14(18-15)16(2,3)4/h11-12H,5-10,13H2,1-4H3. The molecule has 18 heavy (non-hydrogen) atoms. The number of hydrogen-bond acceptors (Lipinski definition) is 2. The molecule has 0 unspecified atom stereocenters. The van der Waals surface area contributed by atoms with Gasteiger partial charge in [0, 0.05) is 4.88 Å². The van der Waals surface area contributed by atoms with Crippen LogP contribution in [0.1, 0.15) is 71.1 Å². The van der Waals surface area contributed by atoms with E-state index in [4.69, 9.17) is 4.74 Å². The number of hydrogen-bond donors (Lipinski definition) is 0. The zero-order valence-electron chi connectivity index (χ0n) is 12.4. The minimum absolute atomic E-state index is 0.242. The van der Waals surface area contributed by atoms with Crippen molar-refractivity contribution in [2.75, 3.05) is 6.61 Å². The van der Waals surface area contributed by atoms with Gasteiger partial charge in [-0.1, -0.05) is 59.8 Å². The van der Waals surface area contributed by atoms with Gasteiger partial charge in [0.1, 0.15) is 0 Å². The molecular weight excluding hydrogens is 240 g/mol. The average Bonchev–Trinajstić information content (AvgIpc) is 2.76. The van der Waals surface area contributed by atoms with E-state index in [0.717, 1.165) is 11.7 Å². The summed E-state index contributed by atoms with van der Waals surface area (Å²) in [5.74, 6) is 0. The lowest BCUT2D eigenvalue weighted by molar-refractivity contribution is 0.313. The Bertz CT molecular complexity index is 322. The van der Waals surface area contributed by atoms with E-state index in [1.807, 2.05) is 0 Å². The molecule has 1 heterocycles. The predicted molar refractivity (Wildman–Crippen MR) is 81.9 cm³/mol. The van der Waals surface area contributed by atoms with Crippen LogP contribution in [-0.2, 0) is 5.41 Å². The quantitative estimate of drug-likeness (QED) is 0.543. The van der Waals surface area contributed by atoms with Crippen molar-refractivity contribution in [2.45, 2.75) is 71.6 Å². The fraction of sp³-hybridized carbons (Fsp3) is 0.750. The second-order valence-corrected chi connectivity index (χ2v) is 7.03. The normalized spacial score (nSPS) is 11.8. The Morgan fingerprint density at radius 1 is 1.00 bits per heavy atom. The molecule has 1 aromatic rings. The van der Waals surface area contributed by atoms with Gasteiger partial charge in [0.15, 0.2) is 5.06 Å². The molecule has 0 aromatic carbocycles. The van der Waals surface area contributed by atoms with Crippen molar-refractivity contribution >= 4 is 11.3 Å². The molecule has 0 aliphatic rings. The molecule has 1 rings (SSSR count). The summed E-state index contributed by atoms with van der Waals surface area (Å²) in [5, 5.41) is 1.08. The van der Waals surface area contributed by atoms with Crippen molar-refractivity contribution in [2.24, 2.45) is 0 Å². The minimum Gasteiger partial charge on any atom is -0.484 e. The summed E-state index contributed by atoms with van der Waals surface area (Å²) >= 11 is 1.79. The predicted octanol–water partition coefficient (Wildman–Crippen LogP) is 5.78. The van der Waals surface area contributed by atoms with Crippen LogP contribution < -0.4 is 4.74 Å². The third-order valence-electron chi connectivity index (χ3n) is 3.06. The molecule has 0 aliphatic heterocycles. The second kappa shape index (κ2) is 7.83. The van der Waals surface area contributed by atoms with Crippen LogP contribution in [0.5, 0.6) is 5.06 Å². The van der Waals surface area contributed by atoms with Gasteiger partial charge in [-0.15, -0.1) is 11.3 Å². The van der Waals surface area contributed by atoms with E-state index in [1.165, 1.54) is 43.4 Å². The molecule has 104 valence electrons. The Morgan fingerprint density at radius 2 is 1.67 bits per heavy atom. The largest absolute Gasteiger partial charge is 0.484 e. The van der Waals surface area contributed by atoms with E-state index in [9.17, 15) is 0 Å². The summed E-state index contributed by atoms with van der Waals surface area (Å²) < 4.78 is 5.81. The second-order valence-electron chi connectivity index (χ2n) is 5.98. The maximum Gasteiger partial charge on any atom is 0.173 e. The summed E-state index contributed by atoms with van der Waals surface area (Å²) in [5.41, 5.74) is 0.242. The van der Waals surface area contributed by atoms with Crippen LogP contribution in [0, 0.1) is 0 Å². The number of unbranched alkanes of at least 4 members (excludes halogenated alkanes) is 5. The molecule has 0 atom stereocenters. The van der Waals surface area contributed by atoms with Crippen molar-refractivity contribution in [3.8, 4) is 5.06 Å². The first-order valence-electron chi connectivity index (χ1n) is 7.27. The lowest BCUT2D eigenvalue weighted by Crippen LogP contribution is -2.07. The summed E-state index contributed by atoms with van der Waals surface area (Å²) in [4.78, 5) is 1.40. The van der Waals surface area contributed by atoms with Crippen molar-refractivity contribution in [1.29, 1.82) is 0 Å². The van der Waals surface area contributed by atoms with Crippen LogP contribution in [-0.4, -0.2) is 6.61 Å². The zero-order chi connectivity index (χ0) is 13.4. The topological polar surface area (TPSA) is 9.23 Å². The highest BCUT2D eigenvalue weighted by atomic mass is 32.1. The Morgan fingerprint density at radius 3 is 2.28 bits per heavy atom. The highest BCUT2D eigenvalue weighted by molar-refractivity contribution is 7.14. The van der Waals surface area contributed by atoms with Crippen LogP contribution in [0.4, 0.5) is 0 Å². The smallest absolute Gasteiger partial charge is 0.173 e. The lowest BCUT2D eigenvalue weighted by Gasteiger charge is -2.15. The molecule has 0 aliphatic carbocycles. The highest BCUT2D eigenvalue weighted by Crippen LogP contribution is 2.33. The van der Waals surface area contributed by atoms with Crippen LogP contribution in [0.2, 0.25) is 0 Å². The minimum atomic E-state index is 0.242. The van der Waals surface area contributed by atoms with Gasteiger partial charge >= 0.3 is 0 Å². The van der Waals surface area contributed by atoms with Gasteiger partial charge in [-0.2, -0.15) is 0 Å². The number of thiophene rings is 1. The molecule has 0 radical (unpaired) electrons. The Labute approximate surface area is 117 Å². The molecule has 0 fully saturated rings. The maximum atomic E-state index is 5.81. The van der Waals surface area contributed by atoms with Crippen molar-refractivity contribution in [3.63, 3.8) is 0 Å². The lowest BCUT2D eigenvalue weighted by atomic mass is 9.95. The summed E-state index contributed by atoms with van der Waals surface area (Å²) in [7, 11) is 0. The van der Waals surface area contributed by atoms with Gasteiger partial charge in [-0.3, -0.25) is 0 Å². The van der Waals surface area contributed by atoms with Gasteiger partial charge in [0.05, 0.1) is 6.61 Å². The van der Waals surface area contributed by atoms with Crippen LogP contribution in [0.25, 0.3) is 0 Å². The first kappa shape index (κ1) is 15.6. The molecule has 0 N–H and O–H groups in total. The fourth-order valence-electron chi connectivity index (χ4n) is 1.86. The summed E-state index contributed by atoms with van der Waals surface area (Å²) in [6.45, 7) is 9.87. The van der Waals surface area contributed by atoms with Crippen LogP contribution in [0.3, 0.4) is 0 Å². The molecule has 0 saturated heterocycles. The first-order valence-corrected chi connectivity index (χ1v) is 8.09. The van der Waals surface area contributed by atoms with Crippen LogP contribution >= 0.6 is 11.3 Å². The monoisotopic (exact) mass is 268 g/mol. The fourth-order valence-corrected chi connectivity index (χ4v) is 2.79. The van der Waals surface area contributed by atoms with E-state index >= 15 is 0 Å². The summed E-state index contributed by atoms with van der Waals surface area (Å²) in [6, 6.07) is 4.31. The highest BCUT2D eigenvalue weighted by Gasteiger charge is 2.16. The third-order valence-corrected chi connectivity index (χ3v) is 4.49. The van der Waals surface area contributed by atoms with Crippen LogP contribution in [0.15, 0.2) is 12.1 Å². The first-order chi connectivity index (χ1) is 8.54. The number of rotatable bonds is 8. The zero-order valence-corrected chi connectivity index (χ0v) is 13.2. The van der Waals surface area contributed by atoms with Crippen molar-refractivity contribution < 1.29 is 4.74 Å². The summed E-state index contributed by atoms with van der Waals surface area (Å²) in [6.07, 6.45) is 7.92. The van der Waals surface area contributed by atoms with E-state index in [2.05, 4.69) is 39.8 Å². The Hall–Kier alpha value is -0.500. The molecule has 0 spiro atoms. The Balaban J connectivity index is 2.14. The van der Waals surface area contributed by atoms with Gasteiger partial charge in [0.25, 0.3) is 0 Å². The molecular formula is C16H28OS. The Kier molecular flexibility index (Phi) is 6.77. The van der Waals surface area contributed by atoms with Crippen molar-refractivity contribution in [3.05, 3.63) is 17.0 Å². The van der Waals surface area contributed by atoms with Gasteiger partial charge in [-0.25, -0.2) is 0 Å². The number of ether oxygens (including phenoxy) is 1. The van der Waals surface area contributed by atoms with E-state index in [-0.39, 0.29) is 5.41 Å². The van der Waals surface area contributed by atoms with E-state index in [0.29, 0.717) is 0 Å².